The van der Waals surface area contributed by atoms with Crippen molar-refractivity contribution in [2.45, 2.75) is 31.7 Å². The van der Waals surface area contributed by atoms with E-state index in [2.05, 4.69) is 15.6 Å². The van der Waals surface area contributed by atoms with Crippen LogP contribution >= 0.6 is 0 Å². The summed E-state index contributed by atoms with van der Waals surface area (Å²) in [6.07, 6.45) is -2.12. The highest BCUT2D eigenvalue weighted by Gasteiger charge is 2.28. The number of nitrogens with zero attached hydrogens (tertiary/aromatic N) is 1. The molecule has 0 aliphatic carbocycles. The predicted molar refractivity (Wildman–Crippen MR) is 85.2 cm³/mol. The summed E-state index contributed by atoms with van der Waals surface area (Å²) in [5.74, 6) is 0.771. The van der Waals surface area contributed by atoms with Crippen molar-refractivity contribution in [2.75, 3.05) is 26.8 Å². The molecule has 24 heavy (non-hydrogen) atoms. The van der Waals surface area contributed by atoms with Gasteiger partial charge in [0.15, 0.2) is 12.6 Å². The number of halogens is 3. The van der Waals surface area contributed by atoms with E-state index in [0.29, 0.717) is 24.6 Å². The zero-order chi connectivity index (χ0) is 17.4. The Morgan fingerprint density at radius 1 is 1.33 bits per heavy atom. The molecule has 1 aliphatic heterocycles. The van der Waals surface area contributed by atoms with Gasteiger partial charge in [0.1, 0.15) is 5.75 Å². The number of rotatable bonds is 6. The summed E-state index contributed by atoms with van der Waals surface area (Å²) in [6, 6.07) is 6.62. The molecule has 5 nitrogen and oxygen atoms in total. The van der Waals surface area contributed by atoms with Gasteiger partial charge in [-0.3, -0.25) is 4.99 Å². The van der Waals surface area contributed by atoms with E-state index in [9.17, 15) is 13.2 Å². The lowest BCUT2D eigenvalue weighted by atomic mass is 10.2. The fourth-order valence-electron chi connectivity index (χ4n) is 2.37. The summed E-state index contributed by atoms with van der Waals surface area (Å²) in [7, 11) is 1.64. The molecular weight excluding hydrogens is 323 g/mol. The van der Waals surface area contributed by atoms with Gasteiger partial charge in [-0.05, 0) is 18.9 Å². The van der Waals surface area contributed by atoms with Gasteiger partial charge < -0.3 is 20.1 Å². The van der Waals surface area contributed by atoms with Crippen molar-refractivity contribution in [1.29, 1.82) is 0 Å². The van der Waals surface area contributed by atoms with Crippen LogP contribution < -0.4 is 15.4 Å². The maximum Gasteiger partial charge on any atom is 0.422 e. The van der Waals surface area contributed by atoms with Gasteiger partial charge in [0.2, 0.25) is 0 Å². The van der Waals surface area contributed by atoms with E-state index in [1.807, 2.05) is 0 Å². The topological polar surface area (TPSA) is 54.9 Å². The Morgan fingerprint density at radius 2 is 2.12 bits per heavy atom. The molecular formula is C16H22F3N3O2. The monoisotopic (exact) mass is 345 g/mol. The van der Waals surface area contributed by atoms with Crippen molar-refractivity contribution in [2.24, 2.45) is 4.99 Å². The van der Waals surface area contributed by atoms with Crippen molar-refractivity contribution in [3.8, 4) is 5.75 Å². The van der Waals surface area contributed by atoms with Crippen LogP contribution in [0.15, 0.2) is 29.3 Å². The lowest BCUT2D eigenvalue weighted by Crippen LogP contribution is -2.40. The van der Waals surface area contributed by atoms with Crippen LogP contribution in [-0.2, 0) is 11.3 Å². The number of benzene rings is 1. The van der Waals surface area contributed by atoms with Gasteiger partial charge in [0, 0.05) is 32.3 Å². The highest BCUT2D eigenvalue weighted by atomic mass is 19.4. The molecule has 1 atom stereocenters. The molecule has 1 aliphatic rings. The van der Waals surface area contributed by atoms with Crippen LogP contribution in [0.3, 0.4) is 0 Å². The third kappa shape index (κ3) is 6.27. The Labute approximate surface area is 139 Å². The number of guanidine groups is 1. The third-order valence-electron chi connectivity index (χ3n) is 3.56. The number of para-hydroxylation sites is 1. The minimum atomic E-state index is -4.36. The molecule has 0 bridgehead atoms. The van der Waals surface area contributed by atoms with Crippen LogP contribution in [-0.4, -0.2) is 45.0 Å². The van der Waals surface area contributed by atoms with Crippen molar-refractivity contribution in [3.63, 3.8) is 0 Å². The zero-order valence-corrected chi connectivity index (χ0v) is 13.5. The summed E-state index contributed by atoms with van der Waals surface area (Å²) in [5, 5.41) is 6.22. The van der Waals surface area contributed by atoms with Crippen LogP contribution in [0.5, 0.6) is 5.75 Å². The van der Waals surface area contributed by atoms with Crippen molar-refractivity contribution < 1.29 is 22.6 Å². The van der Waals surface area contributed by atoms with E-state index >= 15 is 0 Å². The van der Waals surface area contributed by atoms with E-state index < -0.39 is 12.8 Å². The molecule has 1 aromatic carbocycles. The van der Waals surface area contributed by atoms with Gasteiger partial charge in [0.25, 0.3) is 0 Å². The van der Waals surface area contributed by atoms with Gasteiger partial charge in [-0.15, -0.1) is 0 Å². The normalized spacial score (nSPS) is 18.5. The maximum atomic E-state index is 12.3. The van der Waals surface area contributed by atoms with Gasteiger partial charge in [-0.1, -0.05) is 18.2 Å². The van der Waals surface area contributed by atoms with Crippen molar-refractivity contribution in [3.05, 3.63) is 29.8 Å². The lowest BCUT2D eigenvalue weighted by molar-refractivity contribution is -0.153. The first-order valence-electron chi connectivity index (χ1n) is 7.81. The fraction of sp³-hybridized carbons (Fsp3) is 0.562. The van der Waals surface area contributed by atoms with Crippen LogP contribution in [0.4, 0.5) is 13.2 Å². The second-order valence-corrected chi connectivity index (χ2v) is 5.45. The maximum absolute atomic E-state index is 12.3. The predicted octanol–water partition coefficient (Wildman–Crippen LogP) is 2.47. The minimum absolute atomic E-state index is 0.172. The quantitative estimate of drug-likeness (QED) is 0.614. The Balaban J connectivity index is 1.85. The van der Waals surface area contributed by atoms with Gasteiger partial charge in [-0.25, -0.2) is 0 Å². The molecule has 2 N–H and O–H groups in total. The molecule has 2 rings (SSSR count). The average molecular weight is 345 g/mol. The standard InChI is InChI=1S/C16H22F3N3O2/c1-20-15(22-10-13-6-4-8-23-13)21-9-12-5-2-3-7-14(12)24-11-16(17,18)19/h2-3,5,7,13H,4,6,8-11H2,1H3,(H2,20,21,22). The van der Waals surface area contributed by atoms with E-state index in [1.54, 1.807) is 25.2 Å². The molecule has 0 spiro atoms. The first-order valence-corrected chi connectivity index (χ1v) is 7.81. The Hall–Kier alpha value is -1.96. The van der Waals surface area contributed by atoms with Crippen LogP contribution in [0.25, 0.3) is 0 Å². The smallest absolute Gasteiger partial charge is 0.422 e. The molecule has 1 heterocycles. The first-order chi connectivity index (χ1) is 11.5. The molecule has 1 saturated heterocycles. The van der Waals surface area contributed by atoms with Gasteiger partial charge in [-0.2, -0.15) is 13.2 Å². The molecule has 8 heteroatoms. The fourth-order valence-corrected chi connectivity index (χ4v) is 2.37. The van der Waals surface area contributed by atoms with Gasteiger partial charge >= 0.3 is 6.18 Å². The van der Waals surface area contributed by atoms with E-state index in [-0.39, 0.29) is 11.9 Å². The molecule has 0 aromatic heterocycles. The summed E-state index contributed by atoms with van der Waals surface area (Å²) in [5.41, 5.74) is 0.627. The van der Waals surface area contributed by atoms with E-state index in [0.717, 1.165) is 19.4 Å². The van der Waals surface area contributed by atoms with Crippen LogP contribution in [0.1, 0.15) is 18.4 Å². The molecule has 1 aromatic rings. The number of hydrogen-bond acceptors (Lipinski definition) is 3. The molecule has 1 unspecified atom stereocenters. The number of alkyl halides is 3. The number of hydrogen-bond donors (Lipinski definition) is 2. The van der Waals surface area contributed by atoms with E-state index in [1.165, 1.54) is 6.07 Å². The number of aliphatic imine (C=N–C) groups is 1. The molecule has 0 saturated carbocycles. The molecule has 0 radical (unpaired) electrons. The molecule has 1 fully saturated rings. The second kappa shape index (κ2) is 8.77. The highest BCUT2D eigenvalue weighted by molar-refractivity contribution is 5.79. The second-order valence-electron chi connectivity index (χ2n) is 5.45. The van der Waals surface area contributed by atoms with Crippen molar-refractivity contribution >= 4 is 5.96 Å². The average Bonchev–Trinajstić information content (AvgIpc) is 3.06. The third-order valence-corrected chi connectivity index (χ3v) is 3.56. The van der Waals surface area contributed by atoms with Crippen LogP contribution in [0.2, 0.25) is 0 Å². The molecule has 134 valence electrons. The summed E-state index contributed by atoms with van der Waals surface area (Å²) < 4.78 is 47.3. The Morgan fingerprint density at radius 3 is 2.79 bits per heavy atom. The highest BCUT2D eigenvalue weighted by Crippen LogP contribution is 2.22. The summed E-state index contributed by atoms with van der Waals surface area (Å²) in [4.78, 5) is 4.10. The SMILES string of the molecule is CN=C(NCc1ccccc1OCC(F)(F)F)NCC1CCCO1. The number of nitrogens with one attached hydrogen (secondary N) is 2. The van der Waals surface area contributed by atoms with Crippen LogP contribution in [0, 0.1) is 0 Å². The first kappa shape index (κ1) is 18.4. The Kier molecular flexibility index (Phi) is 6.72. The number of ether oxygens (including phenoxy) is 2. The van der Waals surface area contributed by atoms with Crippen molar-refractivity contribution in [1.82, 2.24) is 10.6 Å². The van der Waals surface area contributed by atoms with Gasteiger partial charge in [0.05, 0.1) is 6.10 Å². The lowest BCUT2D eigenvalue weighted by Gasteiger charge is -2.17. The van der Waals surface area contributed by atoms with E-state index in [4.69, 9.17) is 9.47 Å². The summed E-state index contributed by atoms with van der Waals surface area (Å²) >= 11 is 0. The zero-order valence-electron chi connectivity index (χ0n) is 13.5. The largest absolute Gasteiger partial charge is 0.484 e. The minimum Gasteiger partial charge on any atom is -0.484 e. The molecule has 0 amide bonds. The Bertz CT molecular complexity index is 544. The summed E-state index contributed by atoms with van der Waals surface area (Å²) in [6.45, 7) is 0.420.